The lowest BCUT2D eigenvalue weighted by Crippen LogP contribution is -2.36. The first kappa shape index (κ1) is 23.8. The number of nitro benzene ring substituents is 1. The number of amides is 1. The van der Waals surface area contributed by atoms with Crippen LogP contribution < -0.4 is 14.9 Å². The third kappa shape index (κ3) is 5.77. The number of benzene rings is 2. The number of likely N-dealkylation sites (N-methyl/N-ethyl adjacent to an activating group) is 1. The van der Waals surface area contributed by atoms with E-state index in [1.165, 1.54) is 57.8 Å². The number of carbonyl (C=O) groups is 1. The summed E-state index contributed by atoms with van der Waals surface area (Å²) in [5.41, 5.74) is 3.00. The van der Waals surface area contributed by atoms with Crippen LogP contribution in [0, 0.1) is 17.0 Å². The number of nitro groups is 1. The summed E-state index contributed by atoms with van der Waals surface area (Å²) in [6.45, 7) is 1.24. The first-order valence-corrected chi connectivity index (χ1v) is 10.3. The van der Waals surface area contributed by atoms with Gasteiger partial charge in [0.15, 0.2) is 5.75 Å². The fraction of sp³-hybridized carbons (Fsp3) is 0.263. The summed E-state index contributed by atoms with van der Waals surface area (Å²) >= 11 is 0. The highest BCUT2D eigenvalue weighted by atomic mass is 32.2. The Morgan fingerprint density at radius 2 is 1.84 bits per heavy atom. The SMILES string of the molecule is COc1ccc(/C=N/NC(=O)CN(C)S(=O)(=O)c2cc(C)ccc2OC)cc1[N+](=O)[O-]. The summed E-state index contributed by atoms with van der Waals surface area (Å²) in [7, 11) is -0.0669. The number of ether oxygens (including phenoxy) is 2. The van der Waals surface area contributed by atoms with Gasteiger partial charge in [-0.2, -0.15) is 9.41 Å². The lowest BCUT2D eigenvalue weighted by molar-refractivity contribution is -0.385. The van der Waals surface area contributed by atoms with Crippen molar-refractivity contribution in [2.75, 3.05) is 27.8 Å². The Hall–Kier alpha value is -3.51. The maximum atomic E-state index is 12.8. The summed E-state index contributed by atoms with van der Waals surface area (Å²) < 4.78 is 36.5. The van der Waals surface area contributed by atoms with Crippen LogP contribution in [0.25, 0.3) is 0 Å². The molecule has 1 N–H and O–H groups in total. The van der Waals surface area contributed by atoms with Crippen molar-refractivity contribution in [2.24, 2.45) is 5.10 Å². The molecular formula is C19H22N4O7S. The van der Waals surface area contributed by atoms with Crippen molar-refractivity contribution in [3.05, 3.63) is 57.6 Å². The van der Waals surface area contributed by atoms with Gasteiger partial charge in [0.25, 0.3) is 5.91 Å². The Morgan fingerprint density at radius 3 is 2.45 bits per heavy atom. The normalized spacial score (nSPS) is 11.5. The van der Waals surface area contributed by atoms with E-state index in [0.717, 1.165) is 9.87 Å². The maximum Gasteiger partial charge on any atom is 0.311 e. The van der Waals surface area contributed by atoms with Crippen molar-refractivity contribution < 1.29 is 27.6 Å². The lowest BCUT2D eigenvalue weighted by atomic mass is 10.2. The molecule has 0 aliphatic carbocycles. The second-order valence-electron chi connectivity index (χ2n) is 6.40. The number of hydrogen-bond acceptors (Lipinski definition) is 8. The number of aryl methyl sites for hydroxylation is 1. The number of hydrogen-bond donors (Lipinski definition) is 1. The van der Waals surface area contributed by atoms with E-state index in [0.29, 0.717) is 5.56 Å². The third-order valence-corrected chi connectivity index (χ3v) is 6.00. The molecule has 11 nitrogen and oxygen atoms in total. The predicted octanol–water partition coefficient (Wildman–Crippen LogP) is 1.69. The van der Waals surface area contributed by atoms with Gasteiger partial charge in [0, 0.05) is 18.7 Å². The summed E-state index contributed by atoms with van der Waals surface area (Å²) in [5.74, 6) is -0.446. The topological polar surface area (TPSA) is 140 Å². The molecule has 2 rings (SSSR count). The summed E-state index contributed by atoms with van der Waals surface area (Å²) in [4.78, 5) is 22.5. The van der Waals surface area contributed by atoms with Gasteiger partial charge >= 0.3 is 5.69 Å². The summed E-state index contributed by atoms with van der Waals surface area (Å²) in [6, 6.07) is 8.85. The second-order valence-corrected chi connectivity index (χ2v) is 8.41. The molecule has 2 aromatic rings. The van der Waals surface area contributed by atoms with Crippen molar-refractivity contribution in [1.29, 1.82) is 0 Å². The van der Waals surface area contributed by atoms with E-state index in [4.69, 9.17) is 9.47 Å². The van der Waals surface area contributed by atoms with Gasteiger partial charge < -0.3 is 9.47 Å². The molecule has 0 unspecified atom stereocenters. The minimum Gasteiger partial charge on any atom is -0.495 e. The molecule has 0 saturated carbocycles. The Bertz CT molecular complexity index is 1120. The van der Waals surface area contributed by atoms with Crippen molar-refractivity contribution in [1.82, 2.24) is 9.73 Å². The number of nitrogens with zero attached hydrogens (tertiary/aromatic N) is 3. The van der Waals surface area contributed by atoms with E-state index in [1.807, 2.05) is 0 Å². The molecule has 31 heavy (non-hydrogen) atoms. The average molecular weight is 450 g/mol. The molecule has 0 saturated heterocycles. The van der Waals surface area contributed by atoms with E-state index >= 15 is 0 Å². The number of rotatable bonds is 9. The fourth-order valence-corrected chi connectivity index (χ4v) is 3.95. The minimum atomic E-state index is -3.99. The highest BCUT2D eigenvalue weighted by molar-refractivity contribution is 7.89. The van der Waals surface area contributed by atoms with E-state index in [1.54, 1.807) is 13.0 Å². The van der Waals surface area contributed by atoms with Gasteiger partial charge in [-0.25, -0.2) is 13.8 Å². The standard InChI is InChI=1S/C19H22N4O7S/c1-13-5-7-17(30-4)18(9-13)31(27,28)22(2)12-19(24)21-20-11-14-6-8-16(29-3)15(10-14)23(25)26/h5-11H,12H2,1-4H3,(H,21,24)/b20-11+. The highest BCUT2D eigenvalue weighted by Crippen LogP contribution is 2.28. The zero-order valence-electron chi connectivity index (χ0n) is 17.4. The molecule has 0 aliphatic heterocycles. The molecule has 0 radical (unpaired) electrons. The quantitative estimate of drug-likeness (QED) is 0.348. The Labute approximate surface area is 179 Å². The van der Waals surface area contributed by atoms with Gasteiger partial charge in [0.2, 0.25) is 10.0 Å². The van der Waals surface area contributed by atoms with E-state index in [9.17, 15) is 23.3 Å². The Kier molecular flexibility index (Phi) is 7.67. The monoisotopic (exact) mass is 450 g/mol. The zero-order valence-corrected chi connectivity index (χ0v) is 18.2. The number of sulfonamides is 1. The van der Waals surface area contributed by atoms with Gasteiger partial charge in [-0.3, -0.25) is 14.9 Å². The molecule has 2 aromatic carbocycles. The van der Waals surface area contributed by atoms with Gasteiger partial charge in [-0.15, -0.1) is 0 Å². The van der Waals surface area contributed by atoms with E-state index in [-0.39, 0.29) is 22.1 Å². The first-order valence-electron chi connectivity index (χ1n) is 8.85. The van der Waals surface area contributed by atoms with Gasteiger partial charge in [0.1, 0.15) is 10.6 Å². The third-order valence-electron chi connectivity index (χ3n) is 4.18. The maximum absolute atomic E-state index is 12.8. The number of nitrogens with one attached hydrogen (secondary N) is 1. The molecule has 0 fully saturated rings. The lowest BCUT2D eigenvalue weighted by Gasteiger charge is -2.18. The molecular weight excluding hydrogens is 428 g/mol. The number of carbonyl (C=O) groups excluding carboxylic acids is 1. The van der Waals surface area contributed by atoms with Crippen LogP contribution in [0.3, 0.4) is 0 Å². The van der Waals surface area contributed by atoms with Crippen LogP contribution in [0.4, 0.5) is 5.69 Å². The van der Waals surface area contributed by atoms with Crippen LogP contribution in [0.5, 0.6) is 11.5 Å². The fourth-order valence-electron chi connectivity index (χ4n) is 2.58. The summed E-state index contributed by atoms with van der Waals surface area (Å²) in [5, 5.41) is 14.8. The van der Waals surface area contributed by atoms with Crippen LogP contribution in [0.1, 0.15) is 11.1 Å². The van der Waals surface area contributed by atoms with E-state index in [2.05, 4.69) is 10.5 Å². The Morgan fingerprint density at radius 1 is 1.19 bits per heavy atom. The highest BCUT2D eigenvalue weighted by Gasteiger charge is 2.26. The first-order chi connectivity index (χ1) is 14.6. The molecule has 12 heteroatoms. The van der Waals surface area contributed by atoms with Crippen LogP contribution >= 0.6 is 0 Å². The van der Waals surface area contributed by atoms with Gasteiger partial charge in [0.05, 0.1) is 31.9 Å². The van der Waals surface area contributed by atoms with E-state index < -0.39 is 27.4 Å². The van der Waals surface area contributed by atoms with Crippen LogP contribution in [0.2, 0.25) is 0 Å². The van der Waals surface area contributed by atoms with Crippen molar-refractivity contribution in [3.63, 3.8) is 0 Å². The zero-order chi connectivity index (χ0) is 23.2. The summed E-state index contributed by atoms with van der Waals surface area (Å²) in [6.07, 6.45) is 1.20. The number of methoxy groups -OCH3 is 2. The Balaban J connectivity index is 2.08. The van der Waals surface area contributed by atoms with Gasteiger partial charge in [-0.1, -0.05) is 6.07 Å². The number of hydrazone groups is 1. The van der Waals surface area contributed by atoms with Crippen molar-refractivity contribution in [3.8, 4) is 11.5 Å². The smallest absolute Gasteiger partial charge is 0.311 e. The van der Waals surface area contributed by atoms with Crippen LogP contribution in [0.15, 0.2) is 46.4 Å². The molecule has 0 spiro atoms. The van der Waals surface area contributed by atoms with Crippen molar-refractivity contribution in [2.45, 2.75) is 11.8 Å². The van der Waals surface area contributed by atoms with Crippen LogP contribution in [-0.4, -0.2) is 57.6 Å². The molecule has 0 aliphatic rings. The molecule has 0 heterocycles. The predicted molar refractivity (Wildman–Crippen MR) is 113 cm³/mol. The van der Waals surface area contributed by atoms with Crippen molar-refractivity contribution >= 4 is 27.8 Å². The van der Waals surface area contributed by atoms with Crippen LogP contribution in [-0.2, 0) is 14.8 Å². The molecule has 1 amide bonds. The average Bonchev–Trinajstić information content (AvgIpc) is 2.73. The molecule has 0 bridgehead atoms. The minimum absolute atomic E-state index is 0.0562. The van der Waals surface area contributed by atoms with Gasteiger partial charge in [-0.05, 0) is 36.8 Å². The second kappa shape index (κ2) is 10.00. The largest absolute Gasteiger partial charge is 0.495 e. The molecule has 0 atom stereocenters. The molecule has 0 aromatic heterocycles. The molecule has 166 valence electrons.